The summed E-state index contributed by atoms with van der Waals surface area (Å²) in [7, 11) is 0. The van der Waals surface area contributed by atoms with Crippen LogP contribution in [-0.2, 0) is 6.42 Å². The van der Waals surface area contributed by atoms with Gasteiger partial charge in [-0.15, -0.1) is 0 Å². The SMILES string of the molecule is Cc1cc(C(=O)Cc2ccc(Br)cc2)c(C)nn1. The first-order valence-electron chi connectivity index (χ1n) is 5.65. The van der Waals surface area contributed by atoms with E-state index >= 15 is 0 Å². The van der Waals surface area contributed by atoms with Gasteiger partial charge < -0.3 is 0 Å². The Morgan fingerprint density at radius 2 is 1.83 bits per heavy atom. The van der Waals surface area contributed by atoms with Crippen molar-refractivity contribution < 1.29 is 4.79 Å². The monoisotopic (exact) mass is 304 g/mol. The van der Waals surface area contributed by atoms with E-state index in [0.29, 0.717) is 17.7 Å². The number of Topliss-reactive ketones (excluding diaryl/α,β-unsaturated/α-hetero) is 1. The van der Waals surface area contributed by atoms with E-state index in [1.807, 2.05) is 31.2 Å². The molecule has 0 atom stereocenters. The molecule has 1 heterocycles. The van der Waals surface area contributed by atoms with Gasteiger partial charge in [-0.1, -0.05) is 28.1 Å². The number of hydrogen-bond acceptors (Lipinski definition) is 3. The number of aryl methyl sites for hydroxylation is 2. The zero-order chi connectivity index (χ0) is 13.1. The third-order valence-electron chi connectivity index (χ3n) is 2.68. The van der Waals surface area contributed by atoms with Crippen molar-refractivity contribution in [2.75, 3.05) is 0 Å². The van der Waals surface area contributed by atoms with Crippen LogP contribution in [0.25, 0.3) is 0 Å². The molecule has 0 aliphatic heterocycles. The Kier molecular flexibility index (Phi) is 3.87. The summed E-state index contributed by atoms with van der Waals surface area (Å²) in [6.07, 6.45) is 0.388. The first kappa shape index (κ1) is 12.9. The van der Waals surface area contributed by atoms with Crippen molar-refractivity contribution in [1.29, 1.82) is 0 Å². The molecule has 0 amide bonds. The number of halogens is 1. The highest BCUT2D eigenvalue weighted by Gasteiger charge is 2.11. The minimum absolute atomic E-state index is 0.0767. The molecule has 0 N–H and O–H groups in total. The first-order chi connectivity index (χ1) is 8.56. The maximum absolute atomic E-state index is 12.2. The highest BCUT2D eigenvalue weighted by Crippen LogP contribution is 2.14. The van der Waals surface area contributed by atoms with Crippen molar-refractivity contribution in [3.63, 3.8) is 0 Å². The van der Waals surface area contributed by atoms with Crippen molar-refractivity contribution in [2.45, 2.75) is 20.3 Å². The standard InChI is InChI=1S/C14H13BrN2O/c1-9-7-13(10(2)17-16-9)14(18)8-11-3-5-12(15)6-4-11/h3-7H,8H2,1-2H3. The Morgan fingerprint density at radius 3 is 2.50 bits per heavy atom. The molecule has 0 saturated heterocycles. The van der Waals surface area contributed by atoms with Gasteiger partial charge >= 0.3 is 0 Å². The van der Waals surface area contributed by atoms with E-state index in [4.69, 9.17) is 0 Å². The zero-order valence-electron chi connectivity index (χ0n) is 10.3. The van der Waals surface area contributed by atoms with Crippen LogP contribution >= 0.6 is 15.9 Å². The fraction of sp³-hybridized carbons (Fsp3) is 0.214. The minimum atomic E-state index is 0.0767. The van der Waals surface area contributed by atoms with Crippen LogP contribution in [0.1, 0.15) is 27.3 Å². The molecule has 2 rings (SSSR count). The lowest BCUT2D eigenvalue weighted by atomic mass is 10.0. The summed E-state index contributed by atoms with van der Waals surface area (Å²) in [5.74, 6) is 0.0767. The fourth-order valence-electron chi connectivity index (χ4n) is 1.72. The molecule has 4 heteroatoms. The molecule has 0 saturated carbocycles. The van der Waals surface area contributed by atoms with E-state index in [1.54, 1.807) is 13.0 Å². The van der Waals surface area contributed by atoms with Gasteiger partial charge in [-0.3, -0.25) is 4.79 Å². The Morgan fingerprint density at radius 1 is 1.17 bits per heavy atom. The van der Waals surface area contributed by atoms with E-state index in [1.165, 1.54) is 0 Å². The third kappa shape index (κ3) is 3.01. The molecule has 0 bridgehead atoms. The summed E-state index contributed by atoms with van der Waals surface area (Å²) in [6.45, 7) is 3.64. The molecular formula is C14H13BrN2O. The van der Waals surface area contributed by atoms with Crippen LogP contribution in [0, 0.1) is 13.8 Å². The van der Waals surface area contributed by atoms with Gasteiger partial charge in [0, 0.05) is 16.5 Å². The average molecular weight is 305 g/mol. The summed E-state index contributed by atoms with van der Waals surface area (Å²) in [5.41, 5.74) is 3.10. The topological polar surface area (TPSA) is 42.9 Å². The number of carbonyl (C=O) groups excluding carboxylic acids is 1. The lowest BCUT2D eigenvalue weighted by molar-refractivity contribution is 0.0991. The molecular weight excluding hydrogens is 292 g/mol. The van der Waals surface area contributed by atoms with Gasteiger partial charge in [0.2, 0.25) is 0 Å². The molecule has 2 aromatic rings. The first-order valence-corrected chi connectivity index (χ1v) is 6.44. The van der Waals surface area contributed by atoms with Crippen LogP contribution in [0.15, 0.2) is 34.8 Å². The minimum Gasteiger partial charge on any atom is -0.294 e. The molecule has 1 aromatic heterocycles. The predicted octanol–water partition coefficient (Wildman–Crippen LogP) is 3.28. The number of aromatic nitrogens is 2. The quantitative estimate of drug-likeness (QED) is 0.817. The summed E-state index contributed by atoms with van der Waals surface area (Å²) >= 11 is 3.37. The molecule has 18 heavy (non-hydrogen) atoms. The molecule has 0 unspecified atom stereocenters. The van der Waals surface area contributed by atoms with Crippen LogP contribution in [0.5, 0.6) is 0 Å². The lowest BCUT2D eigenvalue weighted by Gasteiger charge is -2.05. The van der Waals surface area contributed by atoms with Crippen molar-refractivity contribution in [3.8, 4) is 0 Å². The van der Waals surface area contributed by atoms with Gasteiger partial charge in [0.05, 0.1) is 11.4 Å². The highest BCUT2D eigenvalue weighted by molar-refractivity contribution is 9.10. The van der Waals surface area contributed by atoms with Crippen LogP contribution in [0.4, 0.5) is 0 Å². The van der Waals surface area contributed by atoms with E-state index in [-0.39, 0.29) is 5.78 Å². The van der Waals surface area contributed by atoms with Crippen molar-refractivity contribution in [1.82, 2.24) is 10.2 Å². The van der Waals surface area contributed by atoms with Gasteiger partial charge in [0.15, 0.2) is 5.78 Å². The largest absolute Gasteiger partial charge is 0.294 e. The molecule has 92 valence electrons. The molecule has 3 nitrogen and oxygen atoms in total. The van der Waals surface area contributed by atoms with Gasteiger partial charge in [0.1, 0.15) is 0 Å². The van der Waals surface area contributed by atoms with Gasteiger partial charge in [-0.25, -0.2) is 0 Å². The Bertz CT molecular complexity index is 579. The molecule has 1 aromatic carbocycles. The Labute approximate surface area is 114 Å². The number of nitrogens with zero attached hydrogens (tertiary/aromatic N) is 2. The highest BCUT2D eigenvalue weighted by atomic mass is 79.9. The van der Waals surface area contributed by atoms with E-state index in [2.05, 4.69) is 26.1 Å². The second kappa shape index (κ2) is 5.40. The predicted molar refractivity (Wildman–Crippen MR) is 73.7 cm³/mol. The zero-order valence-corrected chi connectivity index (χ0v) is 11.9. The number of hydrogen-bond donors (Lipinski definition) is 0. The maximum atomic E-state index is 12.2. The second-order valence-electron chi connectivity index (χ2n) is 4.21. The molecule has 0 spiro atoms. The fourth-order valence-corrected chi connectivity index (χ4v) is 1.98. The average Bonchev–Trinajstić information content (AvgIpc) is 2.35. The summed E-state index contributed by atoms with van der Waals surface area (Å²) in [6, 6.07) is 9.55. The van der Waals surface area contributed by atoms with Crippen LogP contribution in [0.3, 0.4) is 0 Å². The van der Waals surface area contributed by atoms with Crippen LogP contribution in [0.2, 0.25) is 0 Å². The maximum Gasteiger partial charge on any atom is 0.169 e. The smallest absolute Gasteiger partial charge is 0.169 e. The van der Waals surface area contributed by atoms with Gasteiger partial charge in [-0.2, -0.15) is 10.2 Å². The van der Waals surface area contributed by atoms with E-state index in [0.717, 1.165) is 15.7 Å². The number of benzene rings is 1. The normalized spacial score (nSPS) is 10.4. The summed E-state index contributed by atoms with van der Waals surface area (Å²) in [4.78, 5) is 12.2. The lowest BCUT2D eigenvalue weighted by Crippen LogP contribution is -2.08. The second-order valence-corrected chi connectivity index (χ2v) is 5.13. The summed E-state index contributed by atoms with van der Waals surface area (Å²) < 4.78 is 1.01. The Hall–Kier alpha value is -1.55. The van der Waals surface area contributed by atoms with E-state index < -0.39 is 0 Å². The molecule has 0 aliphatic rings. The molecule has 0 fully saturated rings. The van der Waals surface area contributed by atoms with Crippen LogP contribution < -0.4 is 0 Å². The third-order valence-corrected chi connectivity index (χ3v) is 3.21. The van der Waals surface area contributed by atoms with Crippen molar-refractivity contribution >= 4 is 21.7 Å². The van der Waals surface area contributed by atoms with Gasteiger partial charge in [-0.05, 0) is 37.6 Å². The summed E-state index contributed by atoms with van der Waals surface area (Å²) in [5, 5.41) is 7.91. The number of carbonyl (C=O) groups is 1. The van der Waals surface area contributed by atoms with Crippen LogP contribution in [-0.4, -0.2) is 16.0 Å². The molecule has 0 radical (unpaired) electrons. The van der Waals surface area contributed by atoms with Crippen molar-refractivity contribution in [2.24, 2.45) is 0 Å². The van der Waals surface area contributed by atoms with Gasteiger partial charge in [0.25, 0.3) is 0 Å². The Balaban J connectivity index is 2.21. The number of ketones is 1. The van der Waals surface area contributed by atoms with E-state index in [9.17, 15) is 4.79 Å². The number of rotatable bonds is 3. The molecule has 0 aliphatic carbocycles. The van der Waals surface area contributed by atoms with Crippen molar-refractivity contribution in [3.05, 3.63) is 57.3 Å².